The molecule has 1 aromatic carbocycles. The maximum Gasteiger partial charge on any atom is 0.243 e. The fourth-order valence-electron chi connectivity index (χ4n) is 2.07. The summed E-state index contributed by atoms with van der Waals surface area (Å²) in [5.41, 5.74) is -0.470. The minimum atomic E-state index is -4.15. The van der Waals surface area contributed by atoms with Crippen LogP contribution in [0.25, 0.3) is 0 Å². The Bertz CT molecular complexity index is 613. The minimum absolute atomic E-state index is 0.00910. The molecule has 0 bridgehead atoms. The Kier molecular flexibility index (Phi) is 5.46. The molecule has 7 heteroatoms. The molecule has 0 aliphatic heterocycles. The molecule has 0 aromatic heterocycles. The molecule has 4 nitrogen and oxygen atoms in total. The summed E-state index contributed by atoms with van der Waals surface area (Å²) in [5.74, 6) is -1.77. The number of aliphatic hydroxyl groups excluding tert-OH is 1. The van der Waals surface area contributed by atoms with Crippen LogP contribution >= 0.6 is 0 Å². The third-order valence-electron chi connectivity index (χ3n) is 3.09. The number of aryl methyl sites for hydroxylation is 1. The van der Waals surface area contributed by atoms with Gasteiger partial charge in [-0.25, -0.2) is 21.9 Å². The second-order valence-electron chi connectivity index (χ2n) is 6.07. The third kappa shape index (κ3) is 5.01. The normalized spacial score (nSPS) is 14.2. The lowest BCUT2D eigenvalue weighted by molar-refractivity contribution is 0.131. The third-order valence-corrected chi connectivity index (χ3v) is 4.51. The summed E-state index contributed by atoms with van der Waals surface area (Å²) in [6, 6.07) is 1.53. The summed E-state index contributed by atoms with van der Waals surface area (Å²) in [5, 5.41) is 9.36. The van der Waals surface area contributed by atoms with E-state index in [1.54, 1.807) is 20.8 Å². The number of sulfonamides is 1. The van der Waals surface area contributed by atoms with Crippen molar-refractivity contribution >= 4 is 10.0 Å². The summed E-state index contributed by atoms with van der Waals surface area (Å²) >= 11 is 0. The van der Waals surface area contributed by atoms with Crippen molar-refractivity contribution in [1.29, 1.82) is 0 Å². The highest BCUT2D eigenvalue weighted by molar-refractivity contribution is 7.89. The first kappa shape index (κ1) is 18.0. The van der Waals surface area contributed by atoms with E-state index in [0.29, 0.717) is 12.5 Å². The van der Waals surface area contributed by atoms with Crippen LogP contribution in [-0.4, -0.2) is 26.2 Å². The van der Waals surface area contributed by atoms with E-state index in [2.05, 4.69) is 4.72 Å². The molecule has 120 valence electrons. The first-order valence-electron chi connectivity index (χ1n) is 6.58. The summed E-state index contributed by atoms with van der Waals surface area (Å²) in [6.07, 6.45) is -0.210. The Balaban J connectivity index is 2.95. The van der Waals surface area contributed by atoms with Crippen LogP contribution < -0.4 is 4.72 Å². The molecule has 0 amide bonds. The average molecular weight is 321 g/mol. The van der Waals surface area contributed by atoms with E-state index in [0.717, 1.165) is 6.07 Å². The summed E-state index contributed by atoms with van der Waals surface area (Å²) < 4.78 is 53.6. The molecule has 1 rings (SSSR count). The van der Waals surface area contributed by atoms with Gasteiger partial charge in [0.15, 0.2) is 0 Å². The molecule has 0 saturated heterocycles. The van der Waals surface area contributed by atoms with E-state index in [4.69, 9.17) is 0 Å². The number of rotatable bonds is 6. The Hall–Kier alpha value is -1.05. The van der Waals surface area contributed by atoms with E-state index >= 15 is 0 Å². The van der Waals surface area contributed by atoms with Crippen molar-refractivity contribution in [1.82, 2.24) is 4.72 Å². The first-order valence-corrected chi connectivity index (χ1v) is 8.06. The van der Waals surface area contributed by atoms with Gasteiger partial charge in [0.05, 0.1) is 6.10 Å². The fourth-order valence-corrected chi connectivity index (χ4v) is 3.38. The van der Waals surface area contributed by atoms with Crippen LogP contribution in [0.3, 0.4) is 0 Å². The van der Waals surface area contributed by atoms with Gasteiger partial charge in [-0.15, -0.1) is 0 Å². The van der Waals surface area contributed by atoms with Crippen molar-refractivity contribution in [3.05, 3.63) is 29.3 Å². The largest absolute Gasteiger partial charge is 0.393 e. The molecule has 1 aromatic rings. The highest BCUT2D eigenvalue weighted by atomic mass is 32.2. The topological polar surface area (TPSA) is 66.4 Å². The van der Waals surface area contributed by atoms with E-state index in [1.165, 1.54) is 6.92 Å². The van der Waals surface area contributed by atoms with Gasteiger partial charge in [-0.1, -0.05) is 13.8 Å². The molecule has 1 atom stereocenters. The van der Waals surface area contributed by atoms with Crippen LogP contribution in [0.4, 0.5) is 8.78 Å². The molecule has 0 aliphatic carbocycles. The van der Waals surface area contributed by atoms with Crippen LogP contribution in [0, 0.1) is 24.0 Å². The van der Waals surface area contributed by atoms with Gasteiger partial charge < -0.3 is 5.11 Å². The zero-order valence-corrected chi connectivity index (χ0v) is 13.4. The molecular formula is C14H21F2NO3S. The number of benzene rings is 1. The van der Waals surface area contributed by atoms with Gasteiger partial charge >= 0.3 is 0 Å². The van der Waals surface area contributed by atoms with Crippen LogP contribution in [0.2, 0.25) is 0 Å². The number of aliphatic hydroxyl groups is 1. The van der Waals surface area contributed by atoms with Gasteiger partial charge in [-0.05, 0) is 43.4 Å². The summed E-state index contributed by atoms with van der Waals surface area (Å²) in [6.45, 7) is 6.51. The van der Waals surface area contributed by atoms with Gasteiger partial charge in [0.1, 0.15) is 16.5 Å². The van der Waals surface area contributed by atoms with Crippen molar-refractivity contribution in [2.24, 2.45) is 5.41 Å². The number of hydrogen-bond acceptors (Lipinski definition) is 3. The summed E-state index contributed by atoms with van der Waals surface area (Å²) in [4.78, 5) is -0.710. The molecule has 0 aliphatic rings. The first-order chi connectivity index (χ1) is 9.44. The Labute approximate surface area is 124 Å². The number of halogens is 2. The van der Waals surface area contributed by atoms with Gasteiger partial charge in [-0.3, -0.25) is 0 Å². The van der Waals surface area contributed by atoms with E-state index in [1.807, 2.05) is 0 Å². The van der Waals surface area contributed by atoms with Crippen molar-refractivity contribution in [2.75, 3.05) is 6.54 Å². The molecule has 2 N–H and O–H groups in total. The minimum Gasteiger partial charge on any atom is -0.393 e. The zero-order chi connectivity index (χ0) is 16.4. The SMILES string of the molecule is Cc1cc(F)c(S(=O)(=O)NCC(C)(C)CC(C)O)cc1F. The van der Waals surface area contributed by atoms with Crippen molar-refractivity contribution in [3.63, 3.8) is 0 Å². The monoisotopic (exact) mass is 321 g/mol. The Morgan fingerprint density at radius 1 is 1.29 bits per heavy atom. The van der Waals surface area contributed by atoms with Crippen LogP contribution in [0.5, 0.6) is 0 Å². The molecule has 0 radical (unpaired) electrons. The maximum atomic E-state index is 13.7. The average Bonchev–Trinajstić information content (AvgIpc) is 2.30. The van der Waals surface area contributed by atoms with Gasteiger partial charge in [0.25, 0.3) is 0 Å². The van der Waals surface area contributed by atoms with Crippen LogP contribution in [0.15, 0.2) is 17.0 Å². The standard InChI is InChI=1S/C14H21F2NO3S/c1-9-5-12(16)13(6-11(9)15)21(19,20)17-8-14(3,4)7-10(2)18/h5-6,10,17-18H,7-8H2,1-4H3. The molecule has 0 spiro atoms. The van der Waals surface area contributed by atoms with Gasteiger partial charge in [0.2, 0.25) is 10.0 Å². The number of hydrogen-bond donors (Lipinski definition) is 2. The van der Waals surface area contributed by atoms with Gasteiger partial charge in [0, 0.05) is 6.54 Å². The smallest absolute Gasteiger partial charge is 0.243 e. The summed E-state index contributed by atoms with van der Waals surface area (Å²) in [7, 11) is -4.15. The second kappa shape index (κ2) is 6.37. The van der Waals surface area contributed by atoms with Crippen LogP contribution in [-0.2, 0) is 10.0 Å². The quantitative estimate of drug-likeness (QED) is 0.845. The lowest BCUT2D eigenvalue weighted by Crippen LogP contribution is -2.36. The van der Waals surface area contributed by atoms with Crippen LogP contribution in [0.1, 0.15) is 32.8 Å². The second-order valence-corrected chi connectivity index (χ2v) is 7.81. The van der Waals surface area contributed by atoms with Crippen molar-refractivity contribution in [2.45, 2.75) is 45.1 Å². The van der Waals surface area contributed by atoms with Gasteiger partial charge in [-0.2, -0.15) is 0 Å². The van der Waals surface area contributed by atoms with E-state index in [-0.39, 0.29) is 12.1 Å². The lowest BCUT2D eigenvalue weighted by Gasteiger charge is -2.26. The fraction of sp³-hybridized carbons (Fsp3) is 0.571. The molecule has 0 heterocycles. The molecular weight excluding hydrogens is 300 g/mol. The van der Waals surface area contributed by atoms with E-state index in [9.17, 15) is 22.3 Å². The Morgan fingerprint density at radius 3 is 2.38 bits per heavy atom. The molecule has 0 fully saturated rings. The van der Waals surface area contributed by atoms with Crippen molar-refractivity contribution in [3.8, 4) is 0 Å². The molecule has 0 saturated carbocycles. The van der Waals surface area contributed by atoms with Crippen molar-refractivity contribution < 1.29 is 22.3 Å². The predicted molar refractivity (Wildman–Crippen MR) is 76.4 cm³/mol. The Morgan fingerprint density at radius 2 is 1.86 bits per heavy atom. The molecule has 21 heavy (non-hydrogen) atoms. The molecule has 1 unspecified atom stereocenters. The van der Waals surface area contributed by atoms with E-state index < -0.39 is 38.1 Å². The zero-order valence-electron chi connectivity index (χ0n) is 12.6. The highest BCUT2D eigenvalue weighted by Crippen LogP contribution is 2.23. The number of nitrogens with one attached hydrogen (secondary N) is 1. The maximum absolute atomic E-state index is 13.7. The highest BCUT2D eigenvalue weighted by Gasteiger charge is 2.26. The lowest BCUT2D eigenvalue weighted by atomic mass is 9.87. The predicted octanol–water partition coefficient (Wildman–Crippen LogP) is 2.35.